The SMILES string of the molecule is CNC(=O)CCC(=O)O[C@H]1C(C)OC(OC[C@H]2O[C@H](Sc3ccccc3)C(OCc3ccccc3)C(OCc3ccccc3)[C@@H]2OCc2ccccc2)C(OCc2ccccc2)[C@@H]1OCc1ccccc1. The number of esters is 1. The topological polar surface area (TPSA) is 129 Å². The van der Waals surface area contributed by atoms with E-state index in [0.29, 0.717) is 13.2 Å². The van der Waals surface area contributed by atoms with Crippen molar-refractivity contribution in [1.29, 1.82) is 0 Å². The Balaban J connectivity index is 1.13. The second-order valence-corrected chi connectivity index (χ2v) is 18.6. The predicted molar refractivity (Wildman–Crippen MR) is 270 cm³/mol. The Morgan fingerprint density at radius 1 is 0.465 bits per heavy atom. The molecule has 2 aliphatic rings. The number of hydrogen-bond acceptors (Lipinski definition) is 12. The largest absolute Gasteiger partial charge is 0.457 e. The van der Waals surface area contributed by atoms with E-state index in [0.717, 1.165) is 32.7 Å². The third-order valence-corrected chi connectivity index (χ3v) is 13.4. The van der Waals surface area contributed by atoms with Crippen LogP contribution >= 0.6 is 11.8 Å². The van der Waals surface area contributed by atoms with Gasteiger partial charge in [-0.3, -0.25) is 9.59 Å². The summed E-state index contributed by atoms with van der Waals surface area (Å²) in [6.45, 7) is 3.03. The molecule has 0 aromatic heterocycles. The molecule has 0 saturated carbocycles. The van der Waals surface area contributed by atoms with E-state index in [1.165, 1.54) is 7.05 Å². The molecular formula is C58H63NO11S. The van der Waals surface area contributed by atoms with E-state index >= 15 is 0 Å². The van der Waals surface area contributed by atoms with Gasteiger partial charge in [-0.15, -0.1) is 0 Å². The first-order valence-corrected chi connectivity index (χ1v) is 25.1. The third kappa shape index (κ3) is 15.4. The fourth-order valence-corrected chi connectivity index (χ4v) is 9.67. The van der Waals surface area contributed by atoms with Gasteiger partial charge < -0.3 is 47.9 Å². The van der Waals surface area contributed by atoms with Crippen molar-refractivity contribution in [1.82, 2.24) is 5.32 Å². The van der Waals surface area contributed by atoms with Crippen LogP contribution in [0.3, 0.4) is 0 Å². The lowest BCUT2D eigenvalue weighted by Crippen LogP contribution is -2.62. The van der Waals surface area contributed by atoms with Crippen LogP contribution in [0, 0.1) is 0 Å². The van der Waals surface area contributed by atoms with E-state index in [2.05, 4.69) is 17.4 Å². The summed E-state index contributed by atoms with van der Waals surface area (Å²) in [5.74, 6) is -0.837. The molecule has 372 valence electrons. The van der Waals surface area contributed by atoms with Crippen molar-refractivity contribution in [2.75, 3.05) is 13.7 Å². The number of carbonyl (C=O) groups excluding carboxylic acids is 2. The molecule has 10 atom stereocenters. The van der Waals surface area contributed by atoms with Crippen molar-refractivity contribution < 1.29 is 52.2 Å². The third-order valence-electron chi connectivity index (χ3n) is 12.3. The average Bonchev–Trinajstić information content (AvgIpc) is 3.42. The molecule has 8 rings (SSSR count). The quantitative estimate of drug-likeness (QED) is 0.0580. The molecule has 12 nitrogen and oxygen atoms in total. The Bertz CT molecular complexity index is 2460. The number of rotatable bonds is 24. The number of amides is 1. The highest BCUT2D eigenvalue weighted by atomic mass is 32.2. The summed E-state index contributed by atoms with van der Waals surface area (Å²) in [6, 6.07) is 59.7. The van der Waals surface area contributed by atoms with Crippen LogP contribution in [0.5, 0.6) is 0 Å². The van der Waals surface area contributed by atoms with Gasteiger partial charge in [0.1, 0.15) is 42.1 Å². The summed E-state index contributed by atoms with van der Waals surface area (Å²) in [4.78, 5) is 26.6. The minimum atomic E-state index is -1.04. The van der Waals surface area contributed by atoms with E-state index in [4.69, 9.17) is 42.6 Å². The molecule has 1 N–H and O–H groups in total. The Morgan fingerprint density at radius 2 is 0.859 bits per heavy atom. The Kier molecular flexibility index (Phi) is 19.8. The molecular weight excluding hydrogens is 919 g/mol. The van der Waals surface area contributed by atoms with Crippen LogP contribution in [-0.2, 0) is 85.3 Å². The molecule has 13 heteroatoms. The maximum atomic E-state index is 13.4. The number of hydrogen-bond donors (Lipinski definition) is 1. The first-order chi connectivity index (χ1) is 34.9. The van der Waals surface area contributed by atoms with Gasteiger partial charge in [0.25, 0.3) is 0 Å². The molecule has 2 fully saturated rings. The zero-order chi connectivity index (χ0) is 49.0. The fourth-order valence-electron chi connectivity index (χ4n) is 8.52. The van der Waals surface area contributed by atoms with Crippen molar-refractivity contribution in [3.8, 4) is 0 Å². The average molecular weight is 982 g/mol. The van der Waals surface area contributed by atoms with Crippen molar-refractivity contribution >= 4 is 23.6 Å². The van der Waals surface area contributed by atoms with Crippen LogP contribution in [0.15, 0.2) is 187 Å². The zero-order valence-corrected chi connectivity index (χ0v) is 41.0. The minimum absolute atomic E-state index is 0.0213. The molecule has 0 radical (unpaired) electrons. The Hall–Kier alpha value is -5.71. The van der Waals surface area contributed by atoms with Gasteiger partial charge in [0.05, 0.1) is 52.2 Å². The summed E-state index contributed by atoms with van der Waals surface area (Å²) < 4.78 is 61.4. The highest BCUT2D eigenvalue weighted by Gasteiger charge is 2.52. The molecule has 71 heavy (non-hydrogen) atoms. The van der Waals surface area contributed by atoms with Crippen LogP contribution < -0.4 is 5.32 Å². The number of carbonyl (C=O) groups is 2. The summed E-state index contributed by atoms with van der Waals surface area (Å²) in [7, 11) is 1.53. The molecule has 5 unspecified atom stereocenters. The van der Waals surface area contributed by atoms with Gasteiger partial charge in [-0.1, -0.05) is 182 Å². The van der Waals surface area contributed by atoms with Gasteiger partial charge in [-0.05, 0) is 46.9 Å². The highest BCUT2D eigenvalue weighted by Crippen LogP contribution is 2.39. The molecule has 1 amide bonds. The molecule has 0 bridgehead atoms. The molecule has 6 aromatic rings. The standard InChI is InChI=1S/C58H63NO11S/c1-41-51(70-50(61)34-33-49(60)59-2)53(63-36-43-23-11-4-12-24-43)55(65-38-45-27-15-6-16-28-45)57(68-41)67-40-48-52(62-35-42-21-9-3-10-22-42)54(64-37-44-25-13-5-14-26-44)56(66-39-46-29-17-7-18-30-46)58(69-48)71-47-31-19-8-20-32-47/h3-32,41,48,51-58H,33-40H2,1-2H3,(H,59,60)/t41?,48-,51+,52-,53-,54?,55?,56?,57?,58-/m1/s1. The fraction of sp³-hybridized carbons (Fsp3) is 0.345. The summed E-state index contributed by atoms with van der Waals surface area (Å²) >= 11 is 1.55. The molecule has 6 aromatic carbocycles. The van der Waals surface area contributed by atoms with Gasteiger partial charge in [-0.2, -0.15) is 0 Å². The van der Waals surface area contributed by atoms with Gasteiger partial charge >= 0.3 is 5.97 Å². The Morgan fingerprint density at radius 3 is 1.31 bits per heavy atom. The van der Waals surface area contributed by atoms with Crippen molar-refractivity contribution in [3.05, 3.63) is 210 Å². The summed E-state index contributed by atoms with van der Waals surface area (Å²) in [5, 5.41) is 2.56. The molecule has 2 heterocycles. The van der Waals surface area contributed by atoms with E-state index in [1.54, 1.807) is 11.8 Å². The number of benzene rings is 6. The van der Waals surface area contributed by atoms with E-state index in [1.807, 2.05) is 177 Å². The second kappa shape index (κ2) is 27.2. The van der Waals surface area contributed by atoms with Crippen molar-refractivity contribution in [2.45, 2.75) is 118 Å². The zero-order valence-electron chi connectivity index (χ0n) is 40.1. The predicted octanol–water partition coefficient (Wildman–Crippen LogP) is 9.63. The smallest absolute Gasteiger partial charge is 0.306 e. The number of thioether (sulfide) groups is 1. The van der Waals surface area contributed by atoms with E-state index in [-0.39, 0.29) is 45.2 Å². The summed E-state index contributed by atoms with van der Waals surface area (Å²) in [5.41, 5.74) is 4.23. The monoisotopic (exact) mass is 981 g/mol. The number of nitrogens with one attached hydrogen (secondary N) is 1. The van der Waals surface area contributed by atoms with E-state index < -0.39 is 66.5 Å². The molecule has 0 spiro atoms. The normalized spacial score (nSPS) is 24.2. The van der Waals surface area contributed by atoms with E-state index in [9.17, 15) is 9.59 Å². The first kappa shape index (κ1) is 51.6. The van der Waals surface area contributed by atoms with Crippen molar-refractivity contribution in [3.63, 3.8) is 0 Å². The van der Waals surface area contributed by atoms with Gasteiger partial charge in [-0.25, -0.2) is 0 Å². The molecule has 2 aliphatic heterocycles. The van der Waals surface area contributed by atoms with Gasteiger partial charge in [0.15, 0.2) is 12.4 Å². The summed E-state index contributed by atoms with van der Waals surface area (Å²) in [6.07, 6.45) is -7.32. The maximum Gasteiger partial charge on any atom is 0.306 e. The molecule has 2 saturated heterocycles. The highest BCUT2D eigenvalue weighted by molar-refractivity contribution is 7.99. The lowest BCUT2D eigenvalue weighted by atomic mass is 9.97. The van der Waals surface area contributed by atoms with Crippen LogP contribution in [-0.4, -0.2) is 86.1 Å². The Labute approximate surface area is 421 Å². The lowest BCUT2D eigenvalue weighted by molar-refractivity contribution is -0.326. The molecule has 0 aliphatic carbocycles. The second-order valence-electron chi connectivity index (χ2n) is 17.5. The van der Waals surface area contributed by atoms with Crippen LogP contribution in [0.4, 0.5) is 0 Å². The first-order valence-electron chi connectivity index (χ1n) is 24.2. The van der Waals surface area contributed by atoms with Gasteiger partial charge in [0, 0.05) is 18.4 Å². The maximum absolute atomic E-state index is 13.4. The van der Waals surface area contributed by atoms with Crippen LogP contribution in [0.1, 0.15) is 47.6 Å². The van der Waals surface area contributed by atoms with Crippen LogP contribution in [0.25, 0.3) is 0 Å². The van der Waals surface area contributed by atoms with Crippen LogP contribution in [0.2, 0.25) is 0 Å². The number of ether oxygens (including phenoxy) is 9. The lowest BCUT2D eigenvalue weighted by Gasteiger charge is -2.47. The van der Waals surface area contributed by atoms with Gasteiger partial charge in [0.2, 0.25) is 5.91 Å². The minimum Gasteiger partial charge on any atom is -0.457 e. The van der Waals surface area contributed by atoms with Crippen molar-refractivity contribution in [2.24, 2.45) is 0 Å².